The number of nitrogens with one attached hydrogen (secondary N) is 1. The zero-order valence-corrected chi connectivity index (χ0v) is 15.8. The summed E-state index contributed by atoms with van der Waals surface area (Å²) >= 11 is 7.28. The summed E-state index contributed by atoms with van der Waals surface area (Å²) in [6.07, 6.45) is 0.873. The molecule has 0 radical (unpaired) electrons. The molecule has 1 heterocycles. The zero-order valence-electron chi connectivity index (χ0n) is 14.2. The average molecular weight is 394 g/mol. The van der Waals surface area contributed by atoms with Gasteiger partial charge in [-0.2, -0.15) is 0 Å². The number of halogens is 1. The van der Waals surface area contributed by atoms with E-state index < -0.39 is 0 Å². The summed E-state index contributed by atoms with van der Waals surface area (Å²) in [6.45, 7) is 2.17. The van der Waals surface area contributed by atoms with Crippen molar-refractivity contribution in [1.82, 2.24) is 5.32 Å². The summed E-state index contributed by atoms with van der Waals surface area (Å²) < 4.78 is 16.8. The van der Waals surface area contributed by atoms with E-state index in [4.69, 9.17) is 25.8 Å². The van der Waals surface area contributed by atoms with E-state index in [1.54, 1.807) is 24.3 Å². The number of hydrogen-bond acceptors (Lipinski definition) is 5. The number of carbonyl (C=O) groups excluding carboxylic acids is 1. The lowest BCUT2D eigenvalue weighted by Crippen LogP contribution is -2.29. The van der Waals surface area contributed by atoms with Gasteiger partial charge in [-0.3, -0.25) is 4.79 Å². The number of carbonyl (C=O) groups is 1. The zero-order chi connectivity index (χ0) is 18.2. The standard InChI is InChI=1S/C19H20ClNO4S/c20-14-2-4-15(5-3-14)23-11-8-21-19(22)13-26-16-6-7-17-18(12-16)25-10-1-9-24-17/h2-7,12H,1,8-11,13H2,(H,21,22). The van der Waals surface area contributed by atoms with Crippen molar-refractivity contribution in [3.8, 4) is 17.2 Å². The van der Waals surface area contributed by atoms with Crippen LogP contribution in [0.1, 0.15) is 6.42 Å². The van der Waals surface area contributed by atoms with Crippen LogP contribution in [0.4, 0.5) is 0 Å². The number of rotatable bonds is 7. The molecule has 0 bridgehead atoms. The topological polar surface area (TPSA) is 56.8 Å². The lowest BCUT2D eigenvalue weighted by molar-refractivity contribution is -0.118. The first-order valence-corrected chi connectivity index (χ1v) is 9.74. The lowest BCUT2D eigenvalue weighted by atomic mass is 10.3. The smallest absolute Gasteiger partial charge is 0.230 e. The van der Waals surface area contributed by atoms with Gasteiger partial charge in [-0.25, -0.2) is 0 Å². The van der Waals surface area contributed by atoms with Gasteiger partial charge in [0.05, 0.1) is 25.5 Å². The highest BCUT2D eigenvalue weighted by molar-refractivity contribution is 8.00. The van der Waals surface area contributed by atoms with Crippen LogP contribution < -0.4 is 19.5 Å². The summed E-state index contributed by atoms with van der Waals surface area (Å²) in [5.74, 6) is 2.52. The Hall–Kier alpha value is -2.05. The third-order valence-electron chi connectivity index (χ3n) is 3.60. The molecule has 1 N–H and O–H groups in total. The summed E-state index contributed by atoms with van der Waals surface area (Å²) in [7, 11) is 0. The number of thioether (sulfide) groups is 1. The number of ether oxygens (including phenoxy) is 3. The van der Waals surface area contributed by atoms with E-state index in [2.05, 4.69) is 5.32 Å². The van der Waals surface area contributed by atoms with Crippen LogP contribution in [-0.2, 0) is 4.79 Å². The molecule has 0 aliphatic carbocycles. The van der Waals surface area contributed by atoms with E-state index in [-0.39, 0.29) is 5.91 Å². The van der Waals surface area contributed by atoms with Gasteiger partial charge in [0.1, 0.15) is 12.4 Å². The van der Waals surface area contributed by atoms with Crippen molar-refractivity contribution in [3.63, 3.8) is 0 Å². The largest absolute Gasteiger partial charge is 0.492 e. The molecule has 0 spiro atoms. The van der Waals surface area contributed by atoms with Crippen molar-refractivity contribution in [3.05, 3.63) is 47.5 Å². The van der Waals surface area contributed by atoms with Crippen LogP contribution in [-0.4, -0.2) is 38.0 Å². The molecule has 0 saturated carbocycles. The van der Waals surface area contributed by atoms with Gasteiger partial charge >= 0.3 is 0 Å². The molecule has 1 amide bonds. The van der Waals surface area contributed by atoms with Crippen molar-refractivity contribution in [2.24, 2.45) is 0 Å². The van der Waals surface area contributed by atoms with Crippen LogP contribution in [0.25, 0.3) is 0 Å². The molecule has 0 unspecified atom stereocenters. The quantitative estimate of drug-likeness (QED) is 0.573. The average Bonchev–Trinajstić information content (AvgIpc) is 2.90. The van der Waals surface area contributed by atoms with Crippen molar-refractivity contribution in [2.45, 2.75) is 11.3 Å². The maximum absolute atomic E-state index is 12.0. The van der Waals surface area contributed by atoms with Crippen LogP contribution in [0.15, 0.2) is 47.4 Å². The van der Waals surface area contributed by atoms with E-state index in [0.29, 0.717) is 37.1 Å². The Morgan fingerprint density at radius 1 is 1.12 bits per heavy atom. The van der Waals surface area contributed by atoms with E-state index >= 15 is 0 Å². The Morgan fingerprint density at radius 3 is 2.69 bits per heavy atom. The summed E-state index contributed by atoms with van der Waals surface area (Å²) in [6, 6.07) is 12.9. The second kappa shape index (κ2) is 9.59. The number of hydrogen-bond donors (Lipinski definition) is 1. The molecule has 3 rings (SSSR count). The fraction of sp³-hybridized carbons (Fsp3) is 0.316. The first-order chi connectivity index (χ1) is 12.7. The Kier molecular flexibility index (Phi) is 6.91. The SMILES string of the molecule is O=C(CSc1ccc2c(c1)OCCCO2)NCCOc1ccc(Cl)cc1. The van der Waals surface area contributed by atoms with E-state index in [1.165, 1.54) is 11.8 Å². The molecule has 2 aromatic rings. The second-order valence-electron chi connectivity index (χ2n) is 5.60. The molecule has 2 aromatic carbocycles. The molecule has 0 aromatic heterocycles. The van der Waals surface area contributed by atoms with Crippen LogP contribution >= 0.6 is 23.4 Å². The molecule has 0 fully saturated rings. The molecule has 1 aliphatic heterocycles. The normalized spacial score (nSPS) is 13.0. The molecule has 7 heteroatoms. The Morgan fingerprint density at radius 2 is 1.88 bits per heavy atom. The molecule has 138 valence electrons. The Bertz CT molecular complexity index is 739. The molecule has 1 aliphatic rings. The number of benzene rings is 2. The van der Waals surface area contributed by atoms with E-state index in [1.807, 2.05) is 18.2 Å². The highest BCUT2D eigenvalue weighted by Gasteiger charge is 2.11. The molecule has 26 heavy (non-hydrogen) atoms. The first-order valence-electron chi connectivity index (χ1n) is 8.38. The van der Waals surface area contributed by atoms with Gasteiger partial charge < -0.3 is 19.5 Å². The monoisotopic (exact) mass is 393 g/mol. The molecule has 0 atom stereocenters. The summed E-state index contributed by atoms with van der Waals surface area (Å²) in [5.41, 5.74) is 0. The number of amides is 1. The van der Waals surface area contributed by atoms with Crippen LogP contribution in [0.3, 0.4) is 0 Å². The third kappa shape index (κ3) is 5.75. The van der Waals surface area contributed by atoms with Gasteiger partial charge in [0.15, 0.2) is 11.5 Å². The third-order valence-corrected chi connectivity index (χ3v) is 4.84. The Balaban J connectivity index is 1.37. The molecule has 0 saturated heterocycles. The Labute approximate surface area is 162 Å². The van der Waals surface area contributed by atoms with Crippen molar-refractivity contribution < 1.29 is 19.0 Å². The fourth-order valence-electron chi connectivity index (χ4n) is 2.32. The predicted octanol–water partition coefficient (Wildman–Crippen LogP) is 3.79. The van der Waals surface area contributed by atoms with Gasteiger partial charge in [0, 0.05) is 16.3 Å². The van der Waals surface area contributed by atoms with Crippen LogP contribution in [0, 0.1) is 0 Å². The second-order valence-corrected chi connectivity index (χ2v) is 7.09. The van der Waals surface area contributed by atoms with E-state index in [0.717, 1.165) is 28.6 Å². The van der Waals surface area contributed by atoms with Crippen molar-refractivity contribution >= 4 is 29.3 Å². The number of fused-ring (bicyclic) bond motifs is 1. The van der Waals surface area contributed by atoms with E-state index in [9.17, 15) is 4.79 Å². The minimum absolute atomic E-state index is 0.0400. The van der Waals surface area contributed by atoms with Crippen molar-refractivity contribution in [2.75, 3.05) is 32.1 Å². The van der Waals surface area contributed by atoms with Gasteiger partial charge in [-0.15, -0.1) is 11.8 Å². The first kappa shape index (κ1) is 18.7. The minimum Gasteiger partial charge on any atom is -0.492 e. The van der Waals surface area contributed by atoms with Crippen LogP contribution in [0.2, 0.25) is 5.02 Å². The maximum atomic E-state index is 12.0. The molecular weight excluding hydrogens is 374 g/mol. The minimum atomic E-state index is -0.0400. The van der Waals surface area contributed by atoms with Crippen molar-refractivity contribution in [1.29, 1.82) is 0 Å². The van der Waals surface area contributed by atoms with Gasteiger partial charge in [0.2, 0.25) is 5.91 Å². The summed E-state index contributed by atoms with van der Waals surface area (Å²) in [4.78, 5) is 12.9. The molecule has 5 nitrogen and oxygen atoms in total. The molecular formula is C19H20ClNO4S. The van der Waals surface area contributed by atoms with Crippen LogP contribution in [0.5, 0.6) is 17.2 Å². The van der Waals surface area contributed by atoms with Gasteiger partial charge in [-0.05, 0) is 42.5 Å². The highest BCUT2D eigenvalue weighted by Crippen LogP contribution is 2.33. The van der Waals surface area contributed by atoms with Gasteiger partial charge in [0.25, 0.3) is 0 Å². The van der Waals surface area contributed by atoms with Gasteiger partial charge in [-0.1, -0.05) is 11.6 Å². The predicted molar refractivity (Wildman–Crippen MR) is 103 cm³/mol. The maximum Gasteiger partial charge on any atom is 0.230 e. The summed E-state index contributed by atoms with van der Waals surface area (Å²) in [5, 5.41) is 3.50. The lowest BCUT2D eigenvalue weighted by Gasteiger charge is -2.10. The fourth-order valence-corrected chi connectivity index (χ4v) is 3.20. The highest BCUT2D eigenvalue weighted by atomic mass is 35.5.